The van der Waals surface area contributed by atoms with E-state index in [2.05, 4.69) is 24.5 Å². The summed E-state index contributed by atoms with van der Waals surface area (Å²) in [5, 5.41) is 6.41. The van der Waals surface area contributed by atoms with Crippen LogP contribution in [0.1, 0.15) is 46.0 Å². The van der Waals surface area contributed by atoms with Gasteiger partial charge >= 0.3 is 6.03 Å². The Morgan fingerprint density at radius 2 is 1.71 bits per heavy atom. The third kappa shape index (κ3) is 2.35. The Bertz CT molecular complexity index is 421. The lowest BCUT2D eigenvalue weighted by molar-refractivity contribution is -0.137. The maximum atomic E-state index is 13.0. The van der Waals surface area contributed by atoms with Crippen molar-refractivity contribution in [2.24, 2.45) is 17.8 Å². The van der Waals surface area contributed by atoms with Gasteiger partial charge in [-0.3, -0.25) is 9.69 Å². The van der Waals surface area contributed by atoms with Crippen molar-refractivity contribution in [1.29, 1.82) is 0 Å². The van der Waals surface area contributed by atoms with Gasteiger partial charge in [0.2, 0.25) is 0 Å². The molecule has 21 heavy (non-hydrogen) atoms. The van der Waals surface area contributed by atoms with Crippen molar-refractivity contribution < 1.29 is 9.59 Å². The molecule has 3 fully saturated rings. The van der Waals surface area contributed by atoms with Crippen molar-refractivity contribution in [1.82, 2.24) is 15.5 Å². The van der Waals surface area contributed by atoms with Crippen LogP contribution < -0.4 is 10.6 Å². The molecular weight excluding hydrogens is 266 g/mol. The molecule has 1 saturated carbocycles. The fourth-order valence-electron chi connectivity index (χ4n) is 4.44. The molecule has 118 valence electrons. The van der Waals surface area contributed by atoms with Crippen LogP contribution in [0, 0.1) is 17.8 Å². The fourth-order valence-corrected chi connectivity index (χ4v) is 4.44. The highest BCUT2D eigenvalue weighted by molar-refractivity contribution is 6.07. The summed E-state index contributed by atoms with van der Waals surface area (Å²) in [7, 11) is 0. The Morgan fingerprint density at radius 1 is 1.10 bits per heavy atom. The summed E-state index contributed by atoms with van der Waals surface area (Å²) in [6.45, 7) is 6.80. The predicted octanol–water partition coefficient (Wildman–Crippen LogP) is 1.73. The molecule has 2 unspecified atom stereocenters. The van der Waals surface area contributed by atoms with Gasteiger partial charge in [0.15, 0.2) is 0 Å². The van der Waals surface area contributed by atoms with Crippen LogP contribution in [0.4, 0.5) is 4.79 Å². The molecule has 3 rings (SSSR count). The SMILES string of the molecule is CC1CCCC(C)C12NC(=O)N(CC1CCNCC1)C2=O. The van der Waals surface area contributed by atoms with E-state index in [1.807, 2.05) is 0 Å². The molecule has 0 aromatic rings. The second-order valence-corrected chi connectivity index (χ2v) is 7.14. The molecular formula is C16H27N3O2. The molecule has 3 amide bonds. The number of rotatable bonds is 2. The summed E-state index contributed by atoms with van der Waals surface area (Å²) in [6, 6.07) is -0.167. The number of carbonyl (C=O) groups is 2. The van der Waals surface area contributed by atoms with E-state index in [4.69, 9.17) is 0 Å². The molecule has 1 aliphatic carbocycles. The maximum absolute atomic E-state index is 13.0. The molecule has 3 aliphatic rings. The molecule has 5 heteroatoms. The van der Waals surface area contributed by atoms with Crippen LogP contribution in [0.2, 0.25) is 0 Å². The summed E-state index contributed by atoms with van der Waals surface area (Å²) in [6.07, 6.45) is 5.31. The first kappa shape index (κ1) is 14.8. The van der Waals surface area contributed by atoms with Gasteiger partial charge in [0.05, 0.1) is 0 Å². The molecule has 5 nitrogen and oxygen atoms in total. The lowest BCUT2D eigenvalue weighted by Gasteiger charge is -2.42. The lowest BCUT2D eigenvalue weighted by atomic mass is 9.67. The van der Waals surface area contributed by atoms with Crippen molar-refractivity contribution in [3.63, 3.8) is 0 Å². The number of hydrogen-bond acceptors (Lipinski definition) is 3. The zero-order valence-electron chi connectivity index (χ0n) is 13.2. The summed E-state index contributed by atoms with van der Waals surface area (Å²) < 4.78 is 0. The number of hydrogen-bond donors (Lipinski definition) is 2. The summed E-state index contributed by atoms with van der Waals surface area (Å²) >= 11 is 0. The van der Waals surface area contributed by atoms with Crippen molar-refractivity contribution in [3.8, 4) is 0 Å². The molecule has 2 N–H and O–H groups in total. The van der Waals surface area contributed by atoms with Gasteiger partial charge in [0.1, 0.15) is 5.54 Å². The van der Waals surface area contributed by atoms with E-state index in [-0.39, 0.29) is 23.8 Å². The molecule has 0 radical (unpaired) electrons. The van der Waals surface area contributed by atoms with Crippen LogP contribution in [-0.2, 0) is 4.79 Å². The Hall–Kier alpha value is -1.10. The number of carbonyl (C=O) groups excluding carboxylic acids is 2. The topological polar surface area (TPSA) is 61.4 Å². The first-order chi connectivity index (χ1) is 10.1. The van der Waals surface area contributed by atoms with E-state index in [1.165, 1.54) is 4.90 Å². The van der Waals surface area contributed by atoms with Crippen LogP contribution in [0.25, 0.3) is 0 Å². The van der Waals surface area contributed by atoms with Gasteiger partial charge in [-0.2, -0.15) is 0 Å². The minimum atomic E-state index is -0.637. The maximum Gasteiger partial charge on any atom is 0.325 e. The Kier molecular flexibility index (Phi) is 3.95. The van der Waals surface area contributed by atoms with Crippen LogP contribution in [0.3, 0.4) is 0 Å². The van der Waals surface area contributed by atoms with Crippen molar-refractivity contribution in [3.05, 3.63) is 0 Å². The third-order valence-electron chi connectivity index (χ3n) is 5.89. The second-order valence-electron chi connectivity index (χ2n) is 7.14. The summed E-state index contributed by atoms with van der Waals surface area (Å²) in [5.41, 5.74) is -0.637. The van der Waals surface area contributed by atoms with Crippen molar-refractivity contribution in [2.75, 3.05) is 19.6 Å². The Balaban J connectivity index is 1.77. The van der Waals surface area contributed by atoms with E-state index >= 15 is 0 Å². The fraction of sp³-hybridized carbons (Fsp3) is 0.875. The number of urea groups is 1. The van der Waals surface area contributed by atoms with E-state index in [0.29, 0.717) is 12.5 Å². The zero-order valence-corrected chi connectivity index (χ0v) is 13.2. The predicted molar refractivity (Wildman–Crippen MR) is 80.7 cm³/mol. The molecule has 1 spiro atoms. The van der Waals surface area contributed by atoms with Crippen molar-refractivity contribution in [2.45, 2.75) is 51.5 Å². The van der Waals surface area contributed by atoms with Crippen LogP contribution in [-0.4, -0.2) is 42.0 Å². The average molecular weight is 293 g/mol. The van der Waals surface area contributed by atoms with E-state index in [9.17, 15) is 9.59 Å². The number of piperidine rings is 1. The summed E-state index contributed by atoms with van der Waals surface area (Å²) in [5.74, 6) is 0.947. The Morgan fingerprint density at radius 3 is 2.33 bits per heavy atom. The minimum Gasteiger partial charge on any atom is -0.323 e. The standard InChI is InChI=1S/C16H27N3O2/c1-11-4-3-5-12(2)16(11)14(20)19(15(21)18-16)10-13-6-8-17-9-7-13/h11-13,17H,3-10H2,1-2H3,(H,18,21). The highest BCUT2D eigenvalue weighted by Crippen LogP contribution is 2.42. The van der Waals surface area contributed by atoms with Gasteiger partial charge < -0.3 is 10.6 Å². The van der Waals surface area contributed by atoms with Gasteiger partial charge in [-0.1, -0.05) is 20.3 Å². The van der Waals surface area contributed by atoms with Gasteiger partial charge in [-0.05, 0) is 56.5 Å². The zero-order chi connectivity index (χ0) is 15.0. The van der Waals surface area contributed by atoms with Crippen molar-refractivity contribution >= 4 is 11.9 Å². The molecule has 0 bridgehead atoms. The number of nitrogens with one attached hydrogen (secondary N) is 2. The average Bonchev–Trinajstić information content (AvgIpc) is 2.72. The molecule has 0 aromatic carbocycles. The van der Waals surface area contributed by atoms with E-state index in [0.717, 1.165) is 45.2 Å². The molecule has 0 aromatic heterocycles. The van der Waals surface area contributed by atoms with Crippen LogP contribution in [0.15, 0.2) is 0 Å². The number of imide groups is 1. The molecule has 2 aliphatic heterocycles. The van der Waals surface area contributed by atoms with Gasteiger partial charge in [0.25, 0.3) is 5.91 Å². The highest BCUT2D eigenvalue weighted by Gasteiger charge is 2.58. The van der Waals surface area contributed by atoms with E-state index < -0.39 is 5.54 Å². The van der Waals surface area contributed by atoms with Crippen LogP contribution >= 0.6 is 0 Å². The third-order valence-corrected chi connectivity index (χ3v) is 5.89. The molecule has 2 atom stereocenters. The van der Waals surface area contributed by atoms with Crippen LogP contribution in [0.5, 0.6) is 0 Å². The van der Waals surface area contributed by atoms with Gasteiger partial charge in [0, 0.05) is 6.54 Å². The first-order valence-corrected chi connectivity index (χ1v) is 8.40. The minimum absolute atomic E-state index is 0.0331. The summed E-state index contributed by atoms with van der Waals surface area (Å²) in [4.78, 5) is 26.9. The largest absolute Gasteiger partial charge is 0.325 e. The molecule has 2 saturated heterocycles. The monoisotopic (exact) mass is 293 g/mol. The number of amides is 3. The lowest BCUT2D eigenvalue weighted by Crippen LogP contribution is -2.59. The van der Waals surface area contributed by atoms with Gasteiger partial charge in [-0.25, -0.2) is 4.79 Å². The van der Waals surface area contributed by atoms with Gasteiger partial charge in [-0.15, -0.1) is 0 Å². The molecule has 2 heterocycles. The first-order valence-electron chi connectivity index (χ1n) is 8.40. The second kappa shape index (κ2) is 5.59. The normalized spacial score (nSPS) is 38.1. The smallest absolute Gasteiger partial charge is 0.323 e. The quantitative estimate of drug-likeness (QED) is 0.762. The number of nitrogens with zero attached hydrogens (tertiary/aromatic N) is 1. The highest BCUT2D eigenvalue weighted by atomic mass is 16.2. The van der Waals surface area contributed by atoms with E-state index in [1.54, 1.807) is 0 Å². The Labute approximate surface area is 126 Å².